The fraction of sp³-hybridized carbons (Fsp3) is 0.667. The van der Waals surface area contributed by atoms with Crippen LogP contribution in [0.5, 0.6) is 0 Å². The van der Waals surface area contributed by atoms with Gasteiger partial charge in [-0.25, -0.2) is 9.97 Å². The molecule has 0 bridgehead atoms. The summed E-state index contributed by atoms with van der Waals surface area (Å²) in [7, 11) is 3.20. The second-order valence-electron chi connectivity index (χ2n) is 4.11. The summed E-state index contributed by atoms with van der Waals surface area (Å²) in [4.78, 5) is 8.67. The van der Waals surface area contributed by atoms with Crippen LogP contribution >= 0.6 is 11.8 Å². The van der Waals surface area contributed by atoms with E-state index in [1.165, 1.54) is 0 Å². The molecular formula is C12H20N2O2S. The molecule has 0 saturated heterocycles. The molecule has 0 aliphatic carbocycles. The first-order chi connectivity index (χ1) is 8.17. The topological polar surface area (TPSA) is 44.2 Å². The Morgan fingerprint density at radius 3 is 2.59 bits per heavy atom. The zero-order valence-corrected chi connectivity index (χ0v) is 11.7. The first kappa shape index (κ1) is 14.4. The Balaban J connectivity index is 2.59. The van der Waals surface area contributed by atoms with Gasteiger partial charge in [0, 0.05) is 20.4 Å². The van der Waals surface area contributed by atoms with Crippen molar-refractivity contribution in [2.24, 2.45) is 5.92 Å². The third-order valence-electron chi connectivity index (χ3n) is 2.08. The minimum Gasteiger partial charge on any atom is -0.350 e. The van der Waals surface area contributed by atoms with E-state index in [2.05, 4.69) is 23.8 Å². The molecule has 0 amide bonds. The Labute approximate surface area is 107 Å². The highest BCUT2D eigenvalue weighted by Gasteiger charge is 2.11. The van der Waals surface area contributed by atoms with Crippen LogP contribution in [-0.2, 0) is 15.2 Å². The number of nitrogens with zero attached hydrogens (tertiary/aromatic N) is 2. The Hall–Kier alpha value is -0.650. The predicted octanol–water partition coefficient (Wildman–Crippen LogP) is 2.66. The van der Waals surface area contributed by atoms with Crippen molar-refractivity contribution in [3.63, 3.8) is 0 Å². The molecule has 1 aromatic heterocycles. The van der Waals surface area contributed by atoms with Crippen LogP contribution in [0.15, 0.2) is 12.3 Å². The van der Waals surface area contributed by atoms with Gasteiger partial charge in [0.25, 0.3) is 0 Å². The fourth-order valence-corrected chi connectivity index (χ4v) is 2.25. The quantitative estimate of drug-likeness (QED) is 0.702. The molecule has 0 N–H and O–H groups in total. The minimum absolute atomic E-state index is 0.410. The second kappa shape index (κ2) is 7.63. The largest absolute Gasteiger partial charge is 0.350 e. The van der Waals surface area contributed by atoms with Crippen LogP contribution in [0.4, 0.5) is 0 Å². The van der Waals surface area contributed by atoms with Gasteiger partial charge in [-0.15, -0.1) is 0 Å². The number of hydrogen-bond donors (Lipinski definition) is 0. The molecule has 17 heavy (non-hydrogen) atoms. The Bertz CT molecular complexity index is 330. The van der Waals surface area contributed by atoms with Crippen molar-refractivity contribution in [3.8, 4) is 0 Å². The molecule has 96 valence electrons. The van der Waals surface area contributed by atoms with Crippen LogP contribution in [-0.4, -0.2) is 29.9 Å². The van der Waals surface area contributed by atoms with Gasteiger partial charge in [0.2, 0.25) is 6.29 Å². The molecule has 0 saturated carbocycles. The first-order valence-corrected chi connectivity index (χ1v) is 6.78. The summed E-state index contributed by atoms with van der Waals surface area (Å²) in [6, 6.07) is 1.81. The molecule has 0 aromatic carbocycles. The van der Waals surface area contributed by atoms with Crippen molar-refractivity contribution in [2.45, 2.75) is 25.9 Å². The molecule has 0 unspecified atom stereocenters. The van der Waals surface area contributed by atoms with Crippen LogP contribution in [0.1, 0.15) is 31.7 Å². The summed E-state index contributed by atoms with van der Waals surface area (Å²) in [5.74, 6) is 3.46. The lowest BCUT2D eigenvalue weighted by atomic mass is 10.3. The molecule has 1 aromatic rings. The highest BCUT2D eigenvalue weighted by atomic mass is 32.2. The molecule has 0 aliphatic rings. The fourth-order valence-electron chi connectivity index (χ4n) is 1.34. The number of ether oxygens (including phenoxy) is 2. The predicted molar refractivity (Wildman–Crippen MR) is 69.8 cm³/mol. The number of thioether (sulfide) groups is 1. The molecule has 0 aliphatic heterocycles. The van der Waals surface area contributed by atoms with Crippen molar-refractivity contribution >= 4 is 11.8 Å². The summed E-state index contributed by atoms with van der Waals surface area (Å²) < 4.78 is 10.3. The number of methoxy groups -OCH3 is 2. The molecule has 0 spiro atoms. The minimum atomic E-state index is -0.410. The lowest BCUT2D eigenvalue weighted by Gasteiger charge is -2.13. The van der Waals surface area contributed by atoms with Crippen LogP contribution in [0.25, 0.3) is 0 Å². The van der Waals surface area contributed by atoms with Gasteiger partial charge in [-0.1, -0.05) is 13.8 Å². The lowest BCUT2D eigenvalue weighted by molar-refractivity contribution is -0.108. The van der Waals surface area contributed by atoms with E-state index in [-0.39, 0.29) is 0 Å². The van der Waals surface area contributed by atoms with E-state index in [9.17, 15) is 0 Å². The van der Waals surface area contributed by atoms with Crippen molar-refractivity contribution < 1.29 is 9.47 Å². The van der Waals surface area contributed by atoms with Crippen LogP contribution in [0.3, 0.4) is 0 Å². The Morgan fingerprint density at radius 1 is 1.29 bits per heavy atom. The van der Waals surface area contributed by atoms with Gasteiger partial charge in [-0.2, -0.15) is 11.8 Å². The summed E-state index contributed by atoms with van der Waals surface area (Å²) in [6.07, 6.45) is 1.34. The van der Waals surface area contributed by atoms with E-state index < -0.39 is 6.29 Å². The Kier molecular flexibility index (Phi) is 6.47. The van der Waals surface area contributed by atoms with Crippen molar-refractivity contribution in [2.75, 3.05) is 20.0 Å². The third-order valence-corrected chi connectivity index (χ3v) is 3.44. The zero-order valence-electron chi connectivity index (χ0n) is 10.8. The maximum Gasteiger partial charge on any atom is 0.200 e. The van der Waals surface area contributed by atoms with Gasteiger partial charge in [0.1, 0.15) is 5.82 Å². The van der Waals surface area contributed by atoms with Gasteiger partial charge < -0.3 is 9.47 Å². The molecule has 0 atom stereocenters. The molecule has 4 nitrogen and oxygen atoms in total. The summed E-state index contributed by atoms with van der Waals surface area (Å²) in [6.45, 7) is 4.41. The maximum atomic E-state index is 5.16. The van der Waals surface area contributed by atoms with Gasteiger partial charge in [-0.3, -0.25) is 0 Å². The summed E-state index contributed by atoms with van der Waals surface area (Å²) >= 11 is 1.84. The van der Waals surface area contributed by atoms with Crippen LogP contribution in [0, 0.1) is 5.92 Å². The highest BCUT2D eigenvalue weighted by molar-refractivity contribution is 7.98. The van der Waals surface area contributed by atoms with Gasteiger partial charge >= 0.3 is 0 Å². The van der Waals surface area contributed by atoms with E-state index in [1.54, 1.807) is 20.4 Å². The normalized spacial score (nSPS) is 11.4. The van der Waals surface area contributed by atoms with Gasteiger partial charge in [-0.05, 0) is 17.7 Å². The van der Waals surface area contributed by atoms with Gasteiger partial charge in [0.05, 0.1) is 11.4 Å². The number of aromatic nitrogens is 2. The highest BCUT2D eigenvalue weighted by Crippen LogP contribution is 2.17. The molecule has 0 radical (unpaired) electrons. The Morgan fingerprint density at radius 2 is 2.00 bits per heavy atom. The van der Waals surface area contributed by atoms with E-state index in [0.29, 0.717) is 5.92 Å². The second-order valence-corrected chi connectivity index (χ2v) is 5.14. The van der Waals surface area contributed by atoms with Crippen LogP contribution in [0.2, 0.25) is 0 Å². The molecule has 5 heteroatoms. The zero-order chi connectivity index (χ0) is 12.7. The van der Waals surface area contributed by atoms with E-state index in [4.69, 9.17) is 9.47 Å². The van der Waals surface area contributed by atoms with Crippen LogP contribution < -0.4 is 0 Å². The van der Waals surface area contributed by atoms with Gasteiger partial charge in [0.15, 0.2) is 0 Å². The smallest absolute Gasteiger partial charge is 0.200 e. The van der Waals surface area contributed by atoms with Crippen molar-refractivity contribution in [1.82, 2.24) is 9.97 Å². The third kappa shape index (κ3) is 5.02. The monoisotopic (exact) mass is 256 g/mol. The average Bonchev–Trinajstić information content (AvgIpc) is 2.31. The first-order valence-electron chi connectivity index (χ1n) is 5.62. The average molecular weight is 256 g/mol. The van der Waals surface area contributed by atoms with E-state index in [0.717, 1.165) is 23.0 Å². The maximum absolute atomic E-state index is 5.16. The van der Waals surface area contributed by atoms with Crippen molar-refractivity contribution in [3.05, 3.63) is 23.8 Å². The number of rotatable bonds is 7. The molecule has 1 heterocycles. The van der Waals surface area contributed by atoms with E-state index >= 15 is 0 Å². The number of hydrogen-bond acceptors (Lipinski definition) is 5. The molecule has 0 fully saturated rings. The summed E-state index contributed by atoms with van der Waals surface area (Å²) in [5.41, 5.74) is 0.769. The molecular weight excluding hydrogens is 236 g/mol. The lowest BCUT2D eigenvalue weighted by Crippen LogP contribution is -2.08. The standard InChI is InChI=1S/C12H20N2O2S/c1-9(2)7-17-8-11-13-6-5-10(14-11)12(15-3)16-4/h5-6,9,12H,7-8H2,1-4H3. The molecule has 1 rings (SSSR count). The summed E-state index contributed by atoms with van der Waals surface area (Å²) in [5, 5.41) is 0. The van der Waals surface area contributed by atoms with Crippen molar-refractivity contribution in [1.29, 1.82) is 0 Å². The SMILES string of the molecule is COC(OC)c1ccnc(CSCC(C)C)n1. The van der Waals surface area contributed by atoms with E-state index in [1.807, 2.05) is 17.8 Å².